The van der Waals surface area contributed by atoms with Crippen LogP contribution in [0.3, 0.4) is 0 Å². The van der Waals surface area contributed by atoms with E-state index >= 15 is 0 Å². The van der Waals surface area contributed by atoms with Crippen molar-refractivity contribution in [2.75, 3.05) is 51.7 Å². The van der Waals surface area contributed by atoms with Crippen molar-refractivity contribution in [3.63, 3.8) is 0 Å². The quantitative estimate of drug-likeness (QED) is 0.231. The SMILES string of the molecule is Nc1ncnc2c1c(-c1cccc(OCc3ccccc3)c1)cn2[C@H]1C[C@@H](CNC(=O)NCCCN2CCOCC2)C1. The summed E-state index contributed by atoms with van der Waals surface area (Å²) < 4.78 is 13.7. The second kappa shape index (κ2) is 13.2. The molecule has 6 rings (SSSR count). The fourth-order valence-corrected chi connectivity index (χ4v) is 5.82. The second-order valence-electron chi connectivity index (χ2n) is 11.1. The minimum Gasteiger partial charge on any atom is -0.489 e. The van der Waals surface area contributed by atoms with Crippen LogP contribution in [0.5, 0.6) is 5.75 Å². The largest absolute Gasteiger partial charge is 0.489 e. The summed E-state index contributed by atoms with van der Waals surface area (Å²) in [5.74, 6) is 1.68. The zero-order valence-electron chi connectivity index (χ0n) is 23.9. The lowest BCUT2D eigenvalue weighted by molar-refractivity contribution is 0.0375. The number of rotatable bonds is 11. The van der Waals surface area contributed by atoms with Gasteiger partial charge < -0.3 is 30.4 Å². The van der Waals surface area contributed by atoms with Gasteiger partial charge in [0.15, 0.2) is 0 Å². The molecule has 42 heavy (non-hydrogen) atoms. The maximum atomic E-state index is 12.3. The average molecular weight is 570 g/mol. The number of carbonyl (C=O) groups is 1. The maximum Gasteiger partial charge on any atom is 0.314 e. The first kappa shape index (κ1) is 28.0. The summed E-state index contributed by atoms with van der Waals surface area (Å²) in [5, 5.41) is 6.90. The number of anilines is 1. The monoisotopic (exact) mass is 569 g/mol. The Kier molecular flexibility index (Phi) is 8.81. The van der Waals surface area contributed by atoms with E-state index < -0.39 is 0 Å². The lowest BCUT2D eigenvalue weighted by atomic mass is 9.80. The van der Waals surface area contributed by atoms with Gasteiger partial charge in [-0.2, -0.15) is 0 Å². The van der Waals surface area contributed by atoms with E-state index in [4.69, 9.17) is 15.2 Å². The second-order valence-corrected chi connectivity index (χ2v) is 11.1. The molecule has 2 aromatic heterocycles. The van der Waals surface area contributed by atoms with Crippen LogP contribution in [-0.4, -0.2) is 71.4 Å². The van der Waals surface area contributed by atoms with Crippen LogP contribution in [0.25, 0.3) is 22.2 Å². The van der Waals surface area contributed by atoms with Crippen LogP contribution < -0.4 is 21.1 Å². The predicted octanol–water partition coefficient (Wildman–Crippen LogP) is 4.23. The van der Waals surface area contributed by atoms with Crippen molar-refractivity contribution in [3.8, 4) is 16.9 Å². The Bertz CT molecular complexity index is 1480. The highest BCUT2D eigenvalue weighted by atomic mass is 16.5. The number of carbonyl (C=O) groups excluding carboxylic acids is 1. The van der Waals surface area contributed by atoms with Crippen LogP contribution in [-0.2, 0) is 11.3 Å². The van der Waals surface area contributed by atoms with Crippen molar-refractivity contribution in [1.82, 2.24) is 30.1 Å². The van der Waals surface area contributed by atoms with Crippen molar-refractivity contribution in [1.29, 1.82) is 0 Å². The standard InChI is InChI=1S/C32H39N7O3/c33-30-29-28(25-8-4-9-27(18-25)42-21-23-6-2-1-3-7-23)20-39(31(29)37-22-36-30)26-16-24(17-26)19-35-32(40)34-10-5-11-38-12-14-41-15-13-38/h1-4,6-9,18,20,22,24,26H,5,10-17,19,21H2,(H2,33,36,37)(H2,34,35,40)/t24-,26+. The third kappa shape index (κ3) is 6.66. The number of aromatic nitrogens is 3. The molecule has 1 saturated carbocycles. The third-order valence-electron chi connectivity index (χ3n) is 8.23. The third-order valence-corrected chi connectivity index (χ3v) is 8.23. The topological polar surface area (TPSA) is 120 Å². The minimum atomic E-state index is -0.0935. The van der Waals surface area contributed by atoms with Gasteiger partial charge in [-0.1, -0.05) is 42.5 Å². The number of morpholine rings is 1. The van der Waals surface area contributed by atoms with Gasteiger partial charge in [0.2, 0.25) is 0 Å². The minimum absolute atomic E-state index is 0.0935. The summed E-state index contributed by atoms with van der Waals surface area (Å²) >= 11 is 0. The number of benzene rings is 2. The number of urea groups is 1. The molecule has 1 aliphatic heterocycles. The molecule has 0 bridgehead atoms. The molecular formula is C32H39N7O3. The van der Waals surface area contributed by atoms with E-state index in [1.54, 1.807) is 0 Å². The van der Waals surface area contributed by atoms with E-state index in [0.717, 1.165) is 85.6 Å². The number of nitrogens with zero attached hydrogens (tertiary/aromatic N) is 4. The highest BCUT2D eigenvalue weighted by Crippen LogP contribution is 2.43. The van der Waals surface area contributed by atoms with Gasteiger partial charge in [-0.25, -0.2) is 14.8 Å². The lowest BCUT2D eigenvalue weighted by Crippen LogP contribution is -2.43. The number of hydrogen-bond donors (Lipinski definition) is 3. The molecule has 0 atom stereocenters. The molecule has 1 saturated heterocycles. The van der Waals surface area contributed by atoms with Crippen LogP contribution in [0.1, 0.15) is 30.9 Å². The normalized spacial score (nSPS) is 18.9. The first-order valence-corrected chi connectivity index (χ1v) is 14.8. The van der Waals surface area contributed by atoms with Gasteiger partial charge in [-0.05, 0) is 55.0 Å². The number of amides is 2. The average Bonchev–Trinajstić information content (AvgIpc) is 3.39. The predicted molar refractivity (Wildman–Crippen MR) is 163 cm³/mol. The van der Waals surface area contributed by atoms with Crippen LogP contribution in [0, 0.1) is 5.92 Å². The van der Waals surface area contributed by atoms with Gasteiger partial charge in [-0.3, -0.25) is 4.90 Å². The number of hydrogen-bond acceptors (Lipinski definition) is 7. The van der Waals surface area contributed by atoms with Crippen molar-refractivity contribution < 1.29 is 14.3 Å². The molecule has 0 radical (unpaired) electrons. The summed E-state index contributed by atoms with van der Waals surface area (Å²) in [7, 11) is 0. The number of ether oxygens (including phenoxy) is 2. The molecular weight excluding hydrogens is 530 g/mol. The number of nitrogens with two attached hydrogens (primary N) is 1. The summed E-state index contributed by atoms with van der Waals surface area (Å²) in [5.41, 5.74) is 10.3. The molecule has 3 heterocycles. The molecule has 4 aromatic rings. The van der Waals surface area contributed by atoms with Crippen LogP contribution in [0.4, 0.5) is 10.6 Å². The fourth-order valence-electron chi connectivity index (χ4n) is 5.82. The van der Waals surface area contributed by atoms with Gasteiger partial charge in [0.25, 0.3) is 0 Å². The number of nitrogen functional groups attached to an aromatic ring is 1. The van der Waals surface area contributed by atoms with Crippen molar-refractivity contribution >= 4 is 22.9 Å². The van der Waals surface area contributed by atoms with E-state index in [9.17, 15) is 4.79 Å². The van der Waals surface area contributed by atoms with Gasteiger partial charge in [0, 0.05) is 44.0 Å². The van der Waals surface area contributed by atoms with Crippen molar-refractivity contribution in [2.45, 2.75) is 31.9 Å². The molecule has 2 fully saturated rings. The number of fused-ring (bicyclic) bond motifs is 1. The molecule has 0 unspecified atom stereocenters. The highest BCUT2D eigenvalue weighted by molar-refractivity contribution is 6.00. The highest BCUT2D eigenvalue weighted by Gasteiger charge is 2.32. The lowest BCUT2D eigenvalue weighted by Gasteiger charge is -2.36. The summed E-state index contributed by atoms with van der Waals surface area (Å²) in [6, 6.07) is 18.4. The van der Waals surface area contributed by atoms with Crippen molar-refractivity contribution in [2.24, 2.45) is 5.92 Å². The molecule has 4 N–H and O–H groups in total. The van der Waals surface area contributed by atoms with E-state index in [1.165, 1.54) is 6.33 Å². The smallest absolute Gasteiger partial charge is 0.314 e. The molecule has 10 nitrogen and oxygen atoms in total. The molecule has 2 aliphatic rings. The molecule has 2 aromatic carbocycles. The molecule has 2 amide bonds. The van der Waals surface area contributed by atoms with Crippen LogP contribution in [0.15, 0.2) is 67.1 Å². The van der Waals surface area contributed by atoms with Gasteiger partial charge >= 0.3 is 6.03 Å². The first-order chi connectivity index (χ1) is 20.6. The Labute approximate surface area is 246 Å². The Morgan fingerprint density at radius 3 is 2.71 bits per heavy atom. The Balaban J connectivity index is 1.04. The van der Waals surface area contributed by atoms with E-state index in [-0.39, 0.29) is 12.1 Å². The molecule has 10 heteroatoms. The number of nitrogens with one attached hydrogen (secondary N) is 2. The summed E-state index contributed by atoms with van der Waals surface area (Å²) in [6.45, 7) is 6.37. The van der Waals surface area contributed by atoms with E-state index in [2.05, 4.69) is 54.5 Å². The molecule has 0 spiro atoms. The molecule has 220 valence electrons. The Morgan fingerprint density at radius 1 is 1.05 bits per heavy atom. The van der Waals surface area contributed by atoms with Gasteiger partial charge in [0.1, 0.15) is 30.1 Å². The first-order valence-electron chi connectivity index (χ1n) is 14.8. The fraction of sp³-hybridized carbons (Fsp3) is 0.406. The van der Waals surface area contributed by atoms with Gasteiger partial charge in [-0.15, -0.1) is 0 Å². The molecule has 1 aliphatic carbocycles. The van der Waals surface area contributed by atoms with Crippen LogP contribution in [0.2, 0.25) is 0 Å². The van der Waals surface area contributed by atoms with Crippen LogP contribution >= 0.6 is 0 Å². The van der Waals surface area contributed by atoms with E-state index in [0.29, 0.717) is 31.4 Å². The van der Waals surface area contributed by atoms with Gasteiger partial charge in [0.05, 0.1) is 18.6 Å². The zero-order chi connectivity index (χ0) is 28.7. The van der Waals surface area contributed by atoms with Crippen molar-refractivity contribution in [3.05, 3.63) is 72.7 Å². The Morgan fingerprint density at radius 2 is 1.88 bits per heavy atom. The summed E-state index contributed by atoms with van der Waals surface area (Å²) in [6.07, 6.45) is 6.53. The Hall–Kier alpha value is -4.15. The van der Waals surface area contributed by atoms with E-state index in [1.807, 2.05) is 36.4 Å². The summed E-state index contributed by atoms with van der Waals surface area (Å²) in [4.78, 5) is 23.6. The maximum absolute atomic E-state index is 12.3. The zero-order valence-corrected chi connectivity index (χ0v) is 23.9.